The maximum absolute atomic E-state index is 9.12. The Balaban J connectivity index is 2.74. The predicted molar refractivity (Wildman–Crippen MR) is 53.0 cm³/mol. The van der Waals surface area contributed by atoms with E-state index in [1.807, 2.05) is 26.1 Å². The zero-order chi connectivity index (χ0) is 10.1. The Kier molecular flexibility index (Phi) is 2.21. The van der Waals surface area contributed by atoms with Crippen LogP contribution in [0.4, 0.5) is 0 Å². The summed E-state index contributed by atoms with van der Waals surface area (Å²) in [4.78, 5) is 4.40. The molecule has 2 rings (SSSR count). The minimum absolute atomic E-state index is 0.0222. The third-order valence-corrected chi connectivity index (χ3v) is 2.31. The van der Waals surface area contributed by atoms with Crippen LogP contribution in [0.3, 0.4) is 0 Å². The van der Waals surface area contributed by atoms with Crippen molar-refractivity contribution in [3.63, 3.8) is 0 Å². The van der Waals surface area contributed by atoms with Gasteiger partial charge in [0, 0.05) is 17.5 Å². The Hall–Kier alpha value is -1.42. The molecule has 2 heterocycles. The van der Waals surface area contributed by atoms with Crippen LogP contribution in [-0.4, -0.2) is 19.7 Å². The summed E-state index contributed by atoms with van der Waals surface area (Å²) in [5.41, 5.74) is 3.59. The molecule has 0 saturated heterocycles. The highest BCUT2D eigenvalue weighted by molar-refractivity contribution is 5.50. The van der Waals surface area contributed by atoms with Gasteiger partial charge in [-0.25, -0.2) is 9.50 Å². The number of rotatable bonds is 2. The fourth-order valence-corrected chi connectivity index (χ4v) is 1.60. The highest BCUT2D eigenvalue weighted by Crippen LogP contribution is 2.14. The summed E-state index contributed by atoms with van der Waals surface area (Å²) in [7, 11) is 0. The molecule has 0 saturated carbocycles. The lowest BCUT2D eigenvalue weighted by Crippen LogP contribution is -1.92. The Morgan fingerprint density at radius 1 is 1.50 bits per heavy atom. The van der Waals surface area contributed by atoms with Gasteiger partial charge in [0.2, 0.25) is 0 Å². The van der Waals surface area contributed by atoms with Gasteiger partial charge in [0.15, 0.2) is 5.65 Å². The van der Waals surface area contributed by atoms with Crippen LogP contribution in [0.25, 0.3) is 5.65 Å². The van der Waals surface area contributed by atoms with Gasteiger partial charge < -0.3 is 5.11 Å². The van der Waals surface area contributed by atoms with Crippen LogP contribution < -0.4 is 0 Å². The molecule has 1 N–H and O–H groups in total. The van der Waals surface area contributed by atoms with Gasteiger partial charge in [0.05, 0.1) is 12.3 Å². The lowest BCUT2D eigenvalue weighted by atomic mass is 10.2. The molecule has 4 heteroatoms. The SMILES string of the molecule is CCc1c(CO)nn2ccc(C)nc12. The molecular weight excluding hydrogens is 178 g/mol. The Morgan fingerprint density at radius 3 is 2.93 bits per heavy atom. The van der Waals surface area contributed by atoms with E-state index >= 15 is 0 Å². The second-order valence-corrected chi connectivity index (χ2v) is 3.27. The maximum atomic E-state index is 9.12. The fourth-order valence-electron chi connectivity index (χ4n) is 1.60. The van der Waals surface area contributed by atoms with E-state index < -0.39 is 0 Å². The lowest BCUT2D eigenvalue weighted by molar-refractivity contribution is 0.275. The van der Waals surface area contributed by atoms with E-state index in [2.05, 4.69) is 10.1 Å². The molecule has 0 bridgehead atoms. The Labute approximate surface area is 82.2 Å². The normalized spacial score (nSPS) is 11.1. The van der Waals surface area contributed by atoms with Crippen molar-refractivity contribution in [2.45, 2.75) is 26.9 Å². The second kappa shape index (κ2) is 3.38. The highest BCUT2D eigenvalue weighted by Gasteiger charge is 2.10. The molecule has 0 amide bonds. The standard InChI is InChI=1S/C10H13N3O/c1-3-8-9(6-14)12-13-5-4-7(2)11-10(8)13/h4-5,14H,3,6H2,1-2H3. The van der Waals surface area contributed by atoms with E-state index in [1.54, 1.807) is 4.52 Å². The summed E-state index contributed by atoms with van der Waals surface area (Å²) >= 11 is 0. The largest absolute Gasteiger partial charge is 0.390 e. The van der Waals surface area contributed by atoms with E-state index in [1.165, 1.54) is 0 Å². The number of aromatic nitrogens is 3. The van der Waals surface area contributed by atoms with Gasteiger partial charge >= 0.3 is 0 Å². The molecule has 0 aliphatic heterocycles. The molecule has 2 aromatic heterocycles. The number of aliphatic hydroxyl groups is 1. The summed E-state index contributed by atoms with van der Waals surface area (Å²) in [5, 5.41) is 13.4. The van der Waals surface area contributed by atoms with Crippen molar-refractivity contribution >= 4 is 5.65 Å². The molecule has 0 spiro atoms. The minimum Gasteiger partial charge on any atom is -0.390 e. The van der Waals surface area contributed by atoms with Gasteiger partial charge in [-0.2, -0.15) is 5.10 Å². The monoisotopic (exact) mass is 191 g/mol. The molecule has 0 aliphatic rings. The Morgan fingerprint density at radius 2 is 2.29 bits per heavy atom. The average Bonchev–Trinajstić information content (AvgIpc) is 2.54. The van der Waals surface area contributed by atoms with Crippen LogP contribution in [0.2, 0.25) is 0 Å². The number of hydrogen-bond donors (Lipinski definition) is 1. The zero-order valence-corrected chi connectivity index (χ0v) is 8.36. The first-order valence-corrected chi connectivity index (χ1v) is 4.71. The molecule has 0 radical (unpaired) electrons. The zero-order valence-electron chi connectivity index (χ0n) is 8.36. The minimum atomic E-state index is -0.0222. The van der Waals surface area contributed by atoms with Crippen molar-refractivity contribution in [3.8, 4) is 0 Å². The third-order valence-electron chi connectivity index (χ3n) is 2.31. The van der Waals surface area contributed by atoms with Crippen molar-refractivity contribution in [1.82, 2.24) is 14.6 Å². The number of nitrogens with zero attached hydrogens (tertiary/aromatic N) is 3. The van der Waals surface area contributed by atoms with Crippen molar-refractivity contribution in [2.75, 3.05) is 0 Å². The molecule has 2 aromatic rings. The molecule has 0 atom stereocenters. The molecule has 0 unspecified atom stereocenters. The first-order chi connectivity index (χ1) is 6.76. The lowest BCUT2D eigenvalue weighted by Gasteiger charge is -1.96. The van der Waals surface area contributed by atoms with E-state index in [4.69, 9.17) is 5.11 Å². The topological polar surface area (TPSA) is 50.4 Å². The maximum Gasteiger partial charge on any atom is 0.158 e. The summed E-state index contributed by atoms with van der Waals surface area (Å²) in [5.74, 6) is 0. The molecule has 74 valence electrons. The van der Waals surface area contributed by atoms with Crippen LogP contribution in [0.15, 0.2) is 12.3 Å². The van der Waals surface area contributed by atoms with Crippen LogP contribution in [-0.2, 0) is 13.0 Å². The van der Waals surface area contributed by atoms with Gasteiger partial charge in [0.25, 0.3) is 0 Å². The van der Waals surface area contributed by atoms with Gasteiger partial charge in [-0.05, 0) is 19.4 Å². The van der Waals surface area contributed by atoms with E-state index in [0.717, 1.165) is 29.0 Å². The first-order valence-electron chi connectivity index (χ1n) is 4.71. The molecule has 0 aromatic carbocycles. The van der Waals surface area contributed by atoms with Gasteiger partial charge in [-0.1, -0.05) is 6.92 Å². The van der Waals surface area contributed by atoms with E-state index in [0.29, 0.717) is 0 Å². The number of aliphatic hydroxyl groups excluding tert-OH is 1. The molecule has 0 aliphatic carbocycles. The van der Waals surface area contributed by atoms with Crippen LogP contribution in [0.5, 0.6) is 0 Å². The second-order valence-electron chi connectivity index (χ2n) is 3.27. The van der Waals surface area contributed by atoms with Crippen molar-refractivity contribution < 1.29 is 5.11 Å². The number of hydrogen-bond acceptors (Lipinski definition) is 3. The van der Waals surface area contributed by atoms with Crippen molar-refractivity contribution in [2.24, 2.45) is 0 Å². The third kappa shape index (κ3) is 1.28. The Bertz CT molecular complexity index is 462. The van der Waals surface area contributed by atoms with Gasteiger partial charge in [-0.3, -0.25) is 0 Å². The fraction of sp³-hybridized carbons (Fsp3) is 0.400. The number of fused-ring (bicyclic) bond motifs is 1. The summed E-state index contributed by atoms with van der Waals surface area (Å²) in [6, 6.07) is 1.90. The van der Waals surface area contributed by atoms with Crippen molar-refractivity contribution in [3.05, 3.63) is 29.2 Å². The smallest absolute Gasteiger partial charge is 0.158 e. The van der Waals surface area contributed by atoms with E-state index in [-0.39, 0.29) is 6.61 Å². The average molecular weight is 191 g/mol. The summed E-state index contributed by atoms with van der Waals surface area (Å²) in [6.07, 6.45) is 2.71. The quantitative estimate of drug-likeness (QED) is 0.773. The molecule has 14 heavy (non-hydrogen) atoms. The van der Waals surface area contributed by atoms with E-state index in [9.17, 15) is 0 Å². The predicted octanol–water partition coefficient (Wildman–Crippen LogP) is 1.09. The molecule has 0 fully saturated rings. The summed E-state index contributed by atoms with van der Waals surface area (Å²) in [6.45, 7) is 3.97. The molecular formula is C10H13N3O. The van der Waals surface area contributed by atoms with Gasteiger partial charge in [-0.15, -0.1) is 0 Å². The number of aryl methyl sites for hydroxylation is 2. The summed E-state index contributed by atoms with van der Waals surface area (Å²) < 4.78 is 1.72. The van der Waals surface area contributed by atoms with Crippen LogP contribution >= 0.6 is 0 Å². The van der Waals surface area contributed by atoms with Gasteiger partial charge in [0.1, 0.15) is 0 Å². The van der Waals surface area contributed by atoms with Crippen LogP contribution in [0, 0.1) is 6.92 Å². The first kappa shape index (κ1) is 9.15. The highest BCUT2D eigenvalue weighted by atomic mass is 16.3. The van der Waals surface area contributed by atoms with Crippen molar-refractivity contribution in [1.29, 1.82) is 0 Å². The van der Waals surface area contributed by atoms with Crippen LogP contribution in [0.1, 0.15) is 23.9 Å². The molecule has 4 nitrogen and oxygen atoms in total.